The van der Waals surface area contributed by atoms with Crippen LogP contribution in [0, 0.1) is 0 Å². The van der Waals surface area contributed by atoms with Gasteiger partial charge in [0, 0.05) is 11.5 Å². The Bertz CT molecular complexity index is 554. The zero-order valence-corrected chi connectivity index (χ0v) is 12.0. The van der Waals surface area contributed by atoms with Crippen molar-refractivity contribution in [2.75, 3.05) is 0 Å². The Labute approximate surface area is 117 Å². The van der Waals surface area contributed by atoms with E-state index in [0.717, 1.165) is 10.0 Å². The minimum Gasteiger partial charge on any atom is -0.368 e. The first kappa shape index (κ1) is 13.1. The van der Waals surface area contributed by atoms with E-state index in [0.29, 0.717) is 5.16 Å². The highest BCUT2D eigenvalue weighted by molar-refractivity contribution is 9.10. The molecule has 2 aromatic rings. The Morgan fingerprint density at radius 1 is 1.44 bits per heavy atom. The number of nitrogens with two attached hydrogens (primary N) is 1. The second-order valence-electron chi connectivity index (χ2n) is 3.68. The van der Waals surface area contributed by atoms with Crippen LogP contribution in [0.4, 0.5) is 0 Å². The maximum Gasteiger partial charge on any atom is 0.235 e. The summed E-state index contributed by atoms with van der Waals surface area (Å²) in [6.07, 6.45) is 1.59. The van der Waals surface area contributed by atoms with Gasteiger partial charge >= 0.3 is 0 Å². The summed E-state index contributed by atoms with van der Waals surface area (Å²) in [4.78, 5) is 11.6. The average molecular weight is 327 g/mol. The molecule has 0 saturated carbocycles. The third kappa shape index (κ3) is 2.91. The number of aromatic nitrogens is 3. The first-order chi connectivity index (χ1) is 8.58. The average Bonchev–Trinajstić information content (AvgIpc) is 2.73. The van der Waals surface area contributed by atoms with Gasteiger partial charge in [0.05, 0.1) is 0 Å². The number of halogens is 1. The van der Waals surface area contributed by atoms with Crippen molar-refractivity contribution in [1.29, 1.82) is 0 Å². The molecule has 0 unspecified atom stereocenters. The number of hydrogen-bond donors (Lipinski definition) is 1. The van der Waals surface area contributed by atoms with Crippen LogP contribution < -0.4 is 5.73 Å². The lowest BCUT2D eigenvalue weighted by Crippen LogP contribution is -2.19. The number of thioether (sulfide) groups is 1. The summed E-state index contributed by atoms with van der Waals surface area (Å²) in [6, 6.07) is 7.48. The highest BCUT2D eigenvalue weighted by atomic mass is 79.9. The first-order valence-electron chi connectivity index (χ1n) is 5.13. The SMILES string of the molecule is Cn1cnnc1S[C@H](C(N)=O)c1ccc(Br)cc1. The van der Waals surface area contributed by atoms with Crippen LogP contribution in [0.3, 0.4) is 0 Å². The number of benzene rings is 1. The summed E-state index contributed by atoms with van der Waals surface area (Å²) in [6.45, 7) is 0. The number of amides is 1. The van der Waals surface area contributed by atoms with Gasteiger partial charge in [0.25, 0.3) is 0 Å². The summed E-state index contributed by atoms with van der Waals surface area (Å²) in [5.41, 5.74) is 6.29. The molecule has 5 nitrogen and oxygen atoms in total. The molecule has 0 aliphatic carbocycles. The van der Waals surface area contributed by atoms with E-state index in [1.165, 1.54) is 11.8 Å². The monoisotopic (exact) mass is 326 g/mol. The summed E-state index contributed by atoms with van der Waals surface area (Å²) in [5.74, 6) is -0.398. The molecular weight excluding hydrogens is 316 g/mol. The largest absolute Gasteiger partial charge is 0.368 e. The minimum absolute atomic E-state index is 0.398. The van der Waals surface area contributed by atoms with Gasteiger partial charge in [-0.05, 0) is 17.7 Å². The predicted molar refractivity (Wildman–Crippen MR) is 72.9 cm³/mol. The summed E-state index contributed by atoms with van der Waals surface area (Å²) in [7, 11) is 1.82. The second kappa shape index (κ2) is 5.53. The van der Waals surface area contributed by atoms with E-state index < -0.39 is 11.2 Å². The van der Waals surface area contributed by atoms with Crippen molar-refractivity contribution in [3.8, 4) is 0 Å². The number of nitrogens with zero attached hydrogens (tertiary/aromatic N) is 3. The maximum atomic E-state index is 11.6. The molecule has 94 valence electrons. The number of carbonyl (C=O) groups is 1. The Morgan fingerprint density at radius 3 is 2.61 bits per heavy atom. The Kier molecular flexibility index (Phi) is 4.03. The van der Waals surface area contributed by atoms with Gasteiger partial charge < -0.3 is 10.3 Å². The minimum atomic E-state index is -0.471. The zero-order valence-electron chi connectivity index (χ0n) is 9.58. The molecule has 1 heterocycles. The number of rotatable bonds is 4. The van der Waals surface area contributed by atoms with Gasteiger partial charge in [0.2, 0.25) is 5.91 Å². The van der Waals surface area contributed by atoms with Crippen LogP contribution >= 0.6 is 27.7 Å². The molecule has 0 bridgehead atoms. The molecule has 7 heteroatoms. The molecule has 0 fully saturated rings. The fraction of sp³-hybridized carbons (Fsp3) is 0.182. The molecule has 1 aromatic heterocycles. The Balaban J connectivity index is 2.27. The van der Waals surface area contributed by atoms with Gasteiger partial charge in [0.1, 0.15) is 11.6 Å². The second-order valence-corrected chi connectivity index (χ2v) is 5.66. The smallest absolute Gasteiger partial charge is 0.235 e. The molecule has 0 aliphatic rings. The van der Waals surface area contributed by atoms with Crippen molar-refractivity contribution in [2.45, 2.75) is 10.4 Å². The quantitative estimate of drug-likeness (QED) is 0.871. The van der Waals surface area contributed by atoms with Crippen molar-refractivity contribution < 1.29 is 4.79 Å². The summed E-state index contributed by atoms with van der Waals surface area (Å²) in [5, 5.41) is 7.90. The van der Waals surface area contributed by atoms with Crippen LogP contribution in [-0.4, -0.2) is 20.7 Å². The van der Waals surface area contributed by atoms with Gasteiger partial charge in [-0.15, -0.1) is 10.2 Å². The molecule has 0 saturated heterocycles. The zero-order chi connectivity index (χ0) is 13.1. The number of hydrogen-bond acceptors (Lipinski definition) is 4. The van der Waals surface area contributed by atoms with Gasteiger partial charge in [-0.3, -0.25) is 4.79 Å². The highest BCUT2D eigenvalue weighted by Gasteiger charge is 2.21. The fourth-order valence-electron chi connectivity index (χ4n) is 1.41. The molecule has 0 aliphatic heterocycles. The molecule has 1 aromatic carbocycles. The van der Waals surface area contributed by atoms with E-state index in [1.54, 1.807) is 10.9 Å². The van der Waals surface area contributed by atoms with Gasteiger partial charge in [0.15, 0.2) is 5.16 Å². The van der Waals surface area contributed by atoms with E-state index in [2.05, 4.69) is 26.1 Å². The van der Waals surface area contributed by atoms with Crippen LogP contribution in [0.5, 0.6) is 0 Å². The molecular formula is C11H11BrN4OS. The lowest BCUT2D eigenvalue weighted by Gasteiger charge is -2.12. The molecule has 2 rings (SSSR count). The highest BCUT2D eigenvalue weighted by Crippen LogP contribution is 2.33. The number of aryl methyl sites for hydroxylation is 1. The number of primary amides is 1. The predicted octanol–water partition coefficient (Wildman–Crippen LogP) is 1.90. The van der Waals surface area contributed by atoms with Crippen molar-refractivity contribution in [3.05, 3.63) is 40.6 Å². The van der Waals surface area contributed by atoms with Crippen molar-refractivity contribution in [3.63, 3.8) is 0 Å². The standard InChI is InChI=1S/C11H11BrN4OS/c1-16-6-14-15-11(16)18-9(10(13)17)7-2-4-8(12)5-3-7/h2-6,9H,1H3,(H2,13,17)/t9-/m0/s1. The lowest BCUT2D eigenvalue weighted by molar-refractivity contribution is -0.117. The first-order valence-corrected chi connectivity index (χ1v) is 6.80. The van der Waals surface area contributed by atoms with Crippen LogP contribution in [-0.2, 0) is 11.8 Å². The Morgan fingerprint density at radius 2 is 2.11 bits per heavy atom. The third-order valence-electron chi connectivity index (χ3n) is 2.32. The van der Waals surface area contributed by atoms with Crippen LogP contribution in [0.2, 0.25) is 0 Å². The van der Waals surface area contributed by atoms with Crippen molar-refractivity contribution in [1.82, 2.24) is 14.8 Å². The van der Waals surface area contributed by atoms with Crippen LogP contribution in [0.25, 0.3) is 0 Å². The summed E-state index contributed by atoms with van der Waals surface area (Å²) >= 11 is 4.64. The normalized spacial score (nSPS) is 12.3. The molecule has 2 N–H and O–H groups in total. The van der Waals surface area contributed by atoms with E-state index in [1.807, 2.05) is 31.3 Å². The fourth-order valence-corrected chi connectivity index (χ4v) is 2.60. The molecule has 1 amide bonds. The van der Waals surface area contributed by atoms with Crippen LogP contribution in [0.1, 0.15) is 10.8 Å². The van der Waals surface area contributed by atoms with E-state index in [4.69, 9.17) is 5.73 Å². The van der Waals surface area contributed by atoms with Gasteiger partial charge in [-0.1, -0.05) is 39.8 Å². The molecule has 0 radical (unpaired) electrons. The number of carbonyl (C=O) groups excluding carboxylic acids is 1. The van der Waals surface area contributed by atoms with Crippen molar-refractivity contribution >= 4 is 33.6 Å². The van der Waals surface area contributed by atoms with Gasteiger partial charge in [-0.2, -0.15) is 0 Å². The van der Waals surface area contributed by atoms with Crippen LogP contribution in [0.15, 0.2) is 40.2 Å². The van der Waals surface area contributed by atoms with Gasteiger partial charge in [-0.25, -0.2) is 0 Å². The van der Waals surface area contributed by atoms with Crippen molar-refractivity contribution in [2.24, 2.45) is 12.8 Å². The van der Waals surface area contributed by atoms with E-state index in [-0.39, 0.29) is 0 Å². The third-order valence-corrected chi connectivity index (χ3v) is 4.17. The van der Waals surface area contributed by atoms with E-state index in [9.17, 15) is 4.79 Å². The van der Waals surface area contributed by atoms with E-state index >= 15 is 0 Å². The molecule has 0 spiro atoms. The topological polar surface area (TPSA) is 73.8 Å². The maximum absolute atomic E-state index is 11.6. The molecule has 1 atom stereocenters. The Hall–Kier alpha value is -1.34. The molecule has 18 heavy (non-hydrogen) atoms. The summed E-state index contributed by atoms with van der Waals surface area (Å²) < 4.78 is 2.71. The lowest BCUT2D eigenvalue weighted by atomic mass is 10.1.